The van der Waals surface area contributed by atoms with E-state index in [9.17, 15) is 15.0 Å². The SMILES string of the molecule is C[C@@]1(c2ccc3c(N)ncnn23)O[C@H](CO)[C@@H](OC(=O)c2ccccc2)[C@H]1O. The van der Waals surface area contributed by atoms with Crippen LogP contribution in [0.4, 0.5) is 5.82 Å². The molecule has 1 aromatic carbocycles. The van der Waals surface area contributed by atoms with Crippen LogP contribution >= 0.6 is 0 Å². The molecule has 0 amide bonds. The average molecular weight is 384 g/mol. The normalized spacial score (nSPS) is 27.2. The van der Waals surface area contributed by atoms with Crippen LogP contribution in [0.2, 0.25) is 0 Å². The summed E-state index contributed by atoms with van der Waals surface area (Å²) in [5, 5.41) is 24.9. The minimum absolute atomic E-state index is 0.281. The zero-order valence-corrected chi connectivity index (χ0v) is 15.1. The van der Waals surface area contributed by atoms with Gasteiger partial charge in [-0.15, -0.1) is 0 Å². The Labute approximate surface area is 160 Å². The fourth-order valence-electron chi connectivity index (χ4n) is 3.56. The second kappa shape index (κ2) is 6.86. The van der Waals surface area contributed by atoms with Crippen molar-refractivity contribution in [2.75, 3.05) is 12.3 Å². The van der Waals surface area contributed by atoms with E-state index in [1.54, 1.807) is 49.4 Å². The van der Waals surface area contributed by atoms with Gasteiger partial charge in [-0.3, -0.25) is 0 Å². The molecule has 9 heteroatoms. The average Bonchev–Trinajstić information content (AvgIpc) is 3.25. The fourth-order valence-corrected chi connectivity index (χ4v) is 3.56. The van der Waals surface area contributed by atoms with Crippen molar-refractivity contribution in [1.29, 1.82) is 0 Å². The Morgan fingerprint density at radius 2 is 2.07 bits per heavy atom. The molecule has 0 spiro atoms. The number of hydrogen-bond donors (Lipinski definition) is 3. The van der Waals surface area contributed by atoms with E-state index in [0.717, 1.165) is 0 Å². The first-order valence-electron chi connectivity index (χ1n) is 8.77. The molecule has 0 aliphatic carbocycles. The quantitative estimate of drug-likeness (QED) is 0.554. The number of nitrogens with zero attached hydrogens (tertiary/aromatic N) is 3. The molecule has 1 saturated heterocycles. The zero-order valence-electron chi connectivity index (χ0n) is 15.1. The highest BCUT2D eigenvalue weighted by Gasteiger charge is 2.55. The number of ether oxygens (including phenoxy) is 2. The number of carbonyl (C=O) groups excluding carboxylic acids is 1. The number of aliphatic hydroxyl groups is 2. The number of rotatable bonds is 4. The van der Waals surface area contributed by atoms with Gasteiger partial charge >= 0.3 is 5.97 Å². The summed E-state index contributed by atoms with van der Waals surface area (Å²) in [6, 6.07) is 11.8. The van der Waals surface area contributed by atoms with Gasteiger partial charge in [-0.05, 0) is 31.2 Å². The number of anilines is 1. The van der Waals surface area contributed by atoms with Crippen LogP contribution in [0, 0.1) is 0 Å². The first-order valence-corrected chi connectivity index (χ1v) is 8.77. The zero-order chi connectivity index (χ0) is 19.9. The van der Waals surface area contributed by atoms with Crippen molar-refractivity contribution in [3.63, 3.8) is 0 Å². The molecule has 0 saturated carbocycles. The van der Waals surface area contributed by atoms with Crippen LogP contribution in [0.15, 0.2) is 48.8 Å². The maximum Gasteiger partial charge on any atom is 0.338 e. The molecule has 0 radical (unpaired) electrons. The molecule has 0 bridgehead atoms. The summed E-state index contributed by atoms with van der Waals surface area (Å²) in [5.74, 6) is -0.328. The van der Waals surface area contributed by atoms with Crippen molar-refractivity contribution in [3.8, 4) is 0 Å². The van der Waals surface area contributed by atoms with E-state index in [1.165, 1.54) is 10.8 Å². The maximum atomic E-state index is 12.4. The number of fused-ring (bicyclic) bond motifs is 1. The molecule has 4 rings (SSSR count). The van der Waals surface area contributed by atoms with Gasteiger partial charge in [-0.2, -0.15) is 5.10 Å². The number of nitrogen functional groups attached to an aromatic ring is 1. The van der Waals surface area contributed by atoms with E-state index < -0.39 is 36.5 Å². The lowest BCUT2D eigenvalue weighted by atomic mass is 9.93. The van der Waals surface area contributed by atoms with Gasteiger partial charge in [-0.25, -0.2) is 14.3 Å². The lowest BCUT2D eigenvalue weighted by Gasteiger charge is -2.27. The minimum Gasteiger partial charge on any atom is -0.453 e. The minimum atomic E-state index is -1.29. The molecule has 2 aromatic heterocycles. The van der Waals surface area contributed by atoms with Crippen LogP contribution in [-0.4, -0.2) is 55.7 Å². The summed E-state index contributed by atoms with van der Waals surface area (Å²) in [7, 11) is 0. The largest absolute Gasteiger partial charge is 0.453 e. The van der Waals surface area contributed by atoms with E-state index in [4.69, 9.17) is 15.2 Å². The molecule has 146 valence electrons. The molecule has 1 fully saturated rings. The second-order valence-corrected chi connectivity index (χ2v) is 6.79. The Hall–Kier alpha value is -3.01. The van der Waals surface area contributed by atoms with Crippen LogP contribution in [0.5, 0.6) is 0 Å². The van der Waals surface area contributed by atoms with Crippen LogP contribution < -0.4 is 5.73 Å². The first kappa shape index (κ1) is 18.4. The Morgan fingerprint density at radius 3 is 2.79 bits per heavy atom. The monoisotopic (exact) mass is 384 g/mol. The summed E-state index contributed by atoms with van der Waals surface area (Å²) in [5.41, 5.74) is 5.98. The predicted molar refractivity (Wildman–Crippen MR) is 98.4 cm³/mol. The Morgan fingerprint density at radius 1 is 1.32 bits per heavy atom. The Balaban J connectivity index is 1.67. The highest BCUT2D eigenvalue weighted by atomic mass is 16.6. The van der Waals surface area contributed by atoms with Gasteiger partial charge in [0.05, 0.1) is 17.9 Å². The topological polar surface area (TPSA) is 132 Å². The van der Waals surface area contributed by atoms with Crippen LogP contribution in [0.25, 0.3) is 5.52 Å². The number of aromatic nitrogens is 3. The van der Waals surface area contributed by atoms with Gasteiger partial charge in [0.1, 0.15) is 29.7 Å². The Kier molecular flexibility index (Phi) is 4.50. The predicted octanol–water partition coefficient (Wildman–Crippen LogP) is 0.504. The van der Waals surface area contributed by atoms with E-state index in [-0.39, 0.29) is 5.82 Å². The number of carbonyl (C=O) groups is 1. The molecule has 1 aliphatic heterocycles. The van der Waals surface area contributed by atoms with E-state index >= 15 is 0 Å². The first-order chi connectivity index (χ1) is 13.5. The highest BCUT2D eigenvalue weighted by Crippen LogP contribution is 2.41. The van der Waals surface area contributed by atoms with Crippen molar-refractivity contribution in [3.05, 3.63) is 60.0 Å². The lowest BCUT2D eigenvalue weighted by molar-refractivity contribution is -0.0891. The Bertz CT molecular complexity index is 1010. The van der Waals surface area contributed by atoms with Crippen molar-refractivity contribution < 1.29 is 24.5 Å². The third-order valence-electron chi connectivity index (χ3n) is 5.06. The standard InChI is InChI=1S/C19H20N4O5/c1-19(14-8-7-12-17(20)21-10-22-23(12)14)16(25)15(13(9-24)28-19)27-18(26)11-5-3-2-4-6-11/h2-8,10,13,15-16,24-25H,9H2,1H3,(H2,20,21,22)/t13-,15-,16-,19+/m1/s1. The third kappa shape index (κ3) is 2.80. The van der Waals surface area contributed by atoms with E-state index in [0.29, 0.717) is 16.8 Å². The number of aliphatic hydroxyl groups excluding tert-OH is 2. The summed E-state index contributed by atoms with van der Waals surface area (Å²) in [6.07, 6.45) is -1.91. The third-order valence-corrected chi connectivity index (χ3v) is 5.06. The van der Waals surface area contributed by atoms with Crippen LogP contribution in [0.1, 0.15) is 23.0 Å². The van der Waals surface area contributed by atoms with Gasteiger partial charge in [0.25, 0.3) is 0 Å². The molecule has 28 heavy (non-hydrogen) atoms. The van der Waals surface area contributed by atoms with Crippen LogP contribution in [0.3, 0.4) is 0 Å². The van der Waals surface area contributed by atoms with Crippen LogP contribution in [-0.2, 0) is 15.1 Å². The second-order valence-electron chi connectivity index (χ2n) is 6.79. The molecular weight excluding hydrogens is 364 g/mol. The van der Waals surface area contributed by atoms with Gasteiger partial charge in [0, 0.05) is 0 Å². The molecule has 1 aliphatic rings. The van der Waals surface area contributed by atoms with Crippen molar-refractivity contribution in [2.45, 2.75) is 30.8 Å². The molecule has 4 atom stereocenters. The fraction of sp³-hybridized carbons (Fsp3) is 0.316. The maximum absolute atomic E-state index is 12.4. The molecular formula is C19H20N4O5. The molecule has 3 heterocycles. The van der Waals surface area contributed by atoms with E-state index in [2.05, 4.69) is 10.1 Å². The number of esters is 1. The van der Waals surface area contributed by atoms with E-state index in [1.807, 2.05) is 0 Å². The van der Waals surface area contributed by atoms with Crippen molar-refractivity contribution >= 4 is 17.3 Å². The molecule has 3 aromatic rings. The van der Waals surface area contributed by atoms with Gasteiger partial charge in [-0.1, -0.05) is 18.2 Å². The van der Waals surface area contributed by atoms with Gasteiger partial charge < -0.3 is 25.4 Å². The highest BCUT2D eigenvalue weighted by molar-refractivity contribution is 5.89. The van der Waals surface area contributed by atoms with Gasteiger partial charge in [0.2, 0.25) is 0 Å². The summed E-state index contributed by atoms with van der Waals surface area (Å²) < 4.78 is 13.0. The number of hydrogen-bond acceptors (Lipinski definition) is 8. The molecule has 9 nitrogen and oxygen atoms in total. The number of nitrogens with two attached hydrogens (primary N) is 1. The lowest BCUT2D eigenvalue weighted by Crippen LogP contribution is -2.42. The summed E-state index contributed by atoms with van der Waals surface area (Å²) >= 11 is 0. The summed E-state index contributed by atoms with van der Waals surface area (Å²) in [4.78, 5) is 16.4. The molecule has 0 unspecified atom stereocenters. The number of benzene rings is 1. The summed E-state index contributed by atoms with van der Waals surface area (Å²) in [6.45, 7) is 1.22. The smallest absolute Gasteiger partial charge is 0.338 e. The van der Waals surface area contributed by atoms with Gasteiger partial charge in [0.15, 0.2) is 11.9 Å². The van der Waals surface area contributed by atoms with Crippen molar-refractivity contribution in [2.24, 2.45) is 0 Å². The van der Waals surface area contributed by atoms with Crippen molar-refractivity contribution in [1.82, 2.24) is 14.6 Å². The molecule has 4 N–H and O–H groups in total.